The second-order valence-corrected chi connectivity index (χ2v) is 19.2. The van der Waals surface area contributed by atoms with Crippen LogP contribution < -0.4 is 31.5 Å². The molecule has 1 saturated heterocycles. The molecule has 3 aromatic rings. The Morgan fingerprint density at radius 3 is 2.42 bits per heavy atom. The number of amides is 4. The summed E-state index contributed by atoms with van der Waals surface area (Å²) in [6.45, 7) is 3.57. The number of nitrogens with zero attached hydrogens (tertiary/aromatic N) is 2. The molecule has 0 aromatic heterocycles. The van der Waals surface area contributed by atoms with Crippen molar-refractivity contribution in [1.82, 2.24) is 19.8 Å². The fourth-order valence-electron chi connectivity index (χ4n) is 8.64. The normalized spacial score (nSPS) is 26.4. The zero-order valence-electron chi connectivity index (χ0n) is 33.5. The molecule has 3 aromatic carbocycles. The number of hydrogen-bond acceptors (Lipinski definition) is 11. The van der Waals surface area contributed by atoms with Gasteiger partial charge in [0.15, 0.2) is 0 Å². The smallest absolute Gasteiger partial charge is 0.410 e. The highest BCUT2D eigenvalue weighted by Crippen LogP contribution is 2.46. The predicted octanol–water partition coefficient (Wildman–Crippen LogP) is 3.67. The Bertz CT molecular complexity index is 2430. The van der Waals surface area contributed by atoms with Gasteiger partial charge in [0.25, 0.3) is 16.8 Å². The van der Waals surface area contributed by atoms with Gasteiger partial charge in [-0.1, -0.05) is 67.5 Å². The van der Waals surface area contributed by atoms with Gasteiger partial charge in [0, 0.05) is 24.4 Å². The molecule has 4 N–H and O–H groups in total. The summed E-state index contributed by atoms with van der Waals surface area (Å²) in [6, 6.07) is 11.6. The number of anilines is 2. The number of fused-ring (bicyclic) bond motifs is 3. The Kier molecular flexibility index (Phi) is 10.8. The number of carbonyl (C=O) groups is 4. The van der Waals surface area contributed by atoms with Crippen LogP contribution >= 0.6 is 0 Å². The van der Waals surface area contributed by atoms with E-state index in [1.165, 1.54) is 15.9 Å². The number of sulfonamides is 1. The third-order valence-corrected chi connectivity index (χ3v) is 14.3. The highest BCUT2D eigenvalue weighted by Gasteiger charge is 2.62. The standard InChI is InChI=1S/C43H49FN6O9S/c1-42(2,26-13-8-6-9-14-26)46-35-34(36(51)37(35)52)45-32-17-10-5-3-4-7-15-27-21-43(27,40(55)48-60(57,58)29-18-19-29)47-38(53)33-20-28(23-50(33)39(32)54)59-41(56)49-22-25-12-11-16-31(44)30(25)24-49/h6-9,11-16,27-29,32-33,45-46H,3-5,10,17-24H2,1-2H3,(H,47,53)(H,48,55)/b15-7-/t27-,28+,32-,33-,43+/m0/s1. The molecule has 60 heavy (non-hydrogen) atoms. The van der Waals surface area contributed by atoms with E-state index in [-0.39, 0.29) is 50.3 Å². The largest absolute Gasteiger partial charge is 0.444 e. The average Bonchev–Trinajstić information content (AvgIpc) is 4.11. The van der Waals surface area contributed by atoms with E-state index in [9.17, 15) is 41.6 Å². The van der Waals surface area contributed by atoms with Crippen molar-refractivity contribution in [3.05, 3.63) is 104 Å². The van der Waals surface area contributed by atoms with E-state index < -0.39 is 90.9 Å². The first kappa shape index (κ1) is 41.2. The van der Waals surface area contributed by atoms with Crippen LogP contribution in [0.15, 0.2) is 70.3 Å². The molecule has 3 heterocycles. The number of carbonyl (C=O) groups excluding carboxylic acids is 4. The maximum absolute atomic E-state index is 14.8. The number of nitrogens with one attached hydrogen (secondary N) is 4. The Labute approximate surface area is 346 Å². The van der Waals surface area contributed by atoms with Gasteiger partial charge in [0.2, 0.25) is 21.8 Å². The van der Waals surface area contributed by atoms with E-state index in [0.29, 0.717) is 43.2 Å². The fourth-order valence-corrected chi connectivity index (χ4v) is 10.0. The molecule has 8 rings (SSSR count). The third-order valence-electron chi connectivity index (χ3n) is 12.5. The Balaban J connectivity index is 1.08. The van der Waals surface area contributed by atoms with Gasteiger partial charge >= 0.3 is 6.09 Å². The van der Waals surface area contributed by atoms with Gasteiger partial charge in [-0.05, 0) is 69.6 Å². The van der Waals surface area contributed by atoms with Crippen LogP contribution in [-0.2, 0) is 47.8 Å². The second-order valence-electron chi connectivity index (χ2n) is 17.2. The van der Waals surface area contributed by atoms with Gasteiger partial charge in [0.05, 0.1) is 23.9 Å². The minimum atomic E-state index is -3.96. The molecule has 5 aliphatic rings. The molecule has 0 bridgehead atoms. The zero-order chi connectivity index (χ0) is 42.6. The highest BCUT2D eigenvalue weighted by atomic mass is 32.2. The number of allylic oxidation sites excluding steroid dienone is 1. The van der Waals surface area contributed by atoms with Crippen molar-refractivity contribution in [2.45, 2.75) is 119 Å². The summed E-state index contributed by atoms with van der Waals surface area (Å²) in [5.74, 6) is -3.16. The lowest BCUT2D eigenvalue weighted by Gasteiger charge is -2.32. The van der Waals surface area contributed by atoms with Gasteiger partial charge in [-0.3, -0.25) is 33.6 Å². The van der Waals surface area contributed by atoms with E-state index in [4.69, 9.17) is 4.74 Å². The van der Waals surface area contributed by atoms with Crippen molar-refractivity contribution in [3.8, 4) is 0 Å². The fraction of sp³-hybridized carbons (Fsp3) is 0.488. The van der Waals surface area contributed by atoms with Crippen molar-refractivity contribution in [2.75, 3.05) is 17.2 Å². The van der Waals surface area contributed by atoms with Crippen LogP contribution in [0.3, 0.4) is 0 Å². The molecule has 3 fully saturated rings. The van der Waals surface area contributed by atoms with Gasteiger partial charge in [-0.25, -0.2) is 17.6 Å². The molecule has 15 nitrogen and oxygen atoms in total. The van der Waals surface area contributed by atoms with E-state index in [0.717, 1.165) is 12.0 Å². The molecular weight excluding hydrogens is 796 g/mol. The van der Waals surface area contributed by atoms with Crippen molar-refractivity contribution in [3.63, 3.8) is 0 Å². The van der Waals surface area contributed by atoms with Crippen LogP contribution in [0.25, 0.3) is 0 Å². The van der Waals surface area contributed by atoms with Crippen molar-refractivity contribution in [2.24, 2.45) is 5.92 Å². The number of hydrogen-bond donors (Lipinski definition) is 4. The average molecular weight is 845 g/mol. The summed E-state index contributed by atoms with van der Waals surface area (Å²) in [5.41, 5.74) is -2.08. The first-order valence-electron chi connectivity index (χ1n) is 20.6. The summed E-state index contributed by atoms with van der Waals surface area (Å²) in [7, 11) is -3.96. The van der Waals surface area contributed by atoms with Crippen LogP contribution in [0.5, 0.6) is 0 Å². The first-order chi connectivity index (χ1) is 28.6. The maximum atomic E-state index is 14.8. The summed E-state index contributed by atoms with van der Waals surface area (Å²) < 4.78 is 48.4. The van der Waals surface area contributed by atoms with Crippen LogP contribution in [0.2, 0.25) is 0 Å². The number of halogens is 1. The van der Waals surface area contributed by atoms with Gasteiger partial charge in [-0.2, -0.15) is 0 Å². The molecule has 0 spiro atoms. The van der Waals surface area contributed by atoms with Crippen molar-refractivity contribution < 1.29 is 36.7 Å². The van der Waals surface area contributed by atoms with Crippen LogP contribution in [0, 0.1) is 11.7 Å². The number of rotatable bonds is 9. The molecule has 5 atom stereocenters. The Hall–Kier alpha value is -5.58. The lowest BCUT2D eigenvalue weighted by molar-refractivity contribution is -0.140. The SMILES string of the molecule is CC(C)(Nc1c(N[C@H]2CCCCC/C=C\[C@H]3C[C@@]3(C(=O)NS(=O)(=O)C3CC3)NC(=O)[C@@H]3C[C@@H](OC(=O)N4Cc5cccc(F)c5C4)CN3C2=O)c(=O)c1=O)c1ccccc1. The van der Waals surface area contributed by atoms with Gasteiger partial charge < -0.3 is 25.6 Å². The predicted molar refractivity (Wildman–Crippen MR) is 219 cm³/mol. The van der Waals surface area contributed by atoms with E-state index >= 15 is 0 Å². The molecular formula is C43H49FN6O9S. The molecule has 0 radical (unpaired) electrons. The summed E-state index contributed by atoms with van der Waals surface area (Å²) in [4.78, 5) is 85.4. The van der Waals surface area contributed by atoms with Crippen LogP contribution in [0.4, 0.5) is 20.6 Å². The Morgan fingerprint density at radius 2 is 1.68 bits per heavy atom. The molecule has 2 saturated carbocycles. The quantitative estimate of drug-likeness (QED) is 0.181. The van der Waals surface area contributed by atoms with E-state index in [1.54, 1.807) is 12.1 Å². The Morgan fingerprint density at radius 1 is 0.933 bits per heavy atom. The van der Waals surface area contributed by atoms with Gasteiger partial charge in [0.1, 0.15) is 40.9 Å². The summed E-state index contributed by atoms with van der Waals surface area (Å²) >= 11 is 0. The zero-order valence-corrected chi connectivity index (χ0v) is 34.3. The monoisotopic (exact) mass is 844 g/mol. The van der Waals surface area contributed by atoms with Crippen LogP contribution in [-0.4, -0.2) is 77.6 Å². The topological polar surface area (TPSA) is 200 Å². The number of benzene rings is 2. The summed E-state index contributed by atoms with van der Waals surface area (Å²) in [5, 5.41) is 8.37. The minimum Gasteiger partial charge on any atom is -0.444 e. The highest BCUT2D eigenvalue weighted by molar-refractivity contribution is 7.91. The minimum absolute atomic E-state index is 0.0261. The molecule has 17 heteroatoms. The summed E-state index contributed by atoms with van der Waals surface area (Å²) in [6.07, 6.45) is 5.56. The lowest BCUT2D eigenvalue weighted by Crippen LogP contribution is -2.57. The van der Waals surface area contributed by atoms with Crippen molar-refractivity contribution in [1.29, 1.82) is 0 Å². The van der Waals surface area contributed by atoms with Gasteiger partial charge in [-0.15, -0.1) is 0 Å². The molecule has 2 aliphatic carbocycles. The molecule has 0 unspecified atom stereocenters. The van der Waals surface area contributed by atoms with E-state index in [1.807, 2.05) is 56.3 Å². The van der Waals surface area contributed by atoms with Crippen LogP contribution in [0.1, 0.15) is 88.3 Å². The lowest BCUT2D eigenvalue weighted by atomic mass is 9.93. The number of ether oxygens (including phenoxy) is 1. The second kappa shape index (κ2) is 15.8. The first-order valence-corrected chi connectivity index (χ1v) is 22.1. The van der Waals surface area contributed by atoms with Crippen molar-refractivity contribution >= 4 is 45.2 Å². The third kappa shape index (κ3) is 8.02. The molecule has 3 aliphatic heterocycles. The molecule has 4 amide bonds. The maximum Gasteiger partial charge on any atom is 0.410 e. The molecule has 318 valence electrons. The van der Waals surface area contributed by atoms with E-state index in [2.05, 4.69) is 20.7 Å².